The molecule has 0 aliphatic carbocycles. The average molecular weight is 317 g/mol. The van der Waals surface area contributed by atoms with Crippen LogP contribution >= 0.6 is 15.9 Å². The number of nitro groups is 1. The van der Waals surface area contributed by atoms with Gasteiger partial charge in [-0.15, -0.1) is 0 Å². The van der Waals surface area contributed by atoms with Gasteiger partial charge in [-0.25, -0.2) is 0 Å². The van der Waals surface area contributed by atoms with Crippen LogP contribution in [0.25, 0.3) is 0 Å². The average Bonchev–Trinajstić information content (AvgIpc) is 2.27. The van der Waals surface area contributed by atoms with Crippen LogP contribution in [0.15, 0.2) is 22.7 Å². The Morgan fingerprint density at radius 2 is 2.28 bits per heavy atom. The third kappa shape index (κ3) is 4.08. The number of nitro benzene ring substituents is 1. The summed E-state index contributed by atoms with van der Waals surface area (Å²) < 4.78 is 0.367. The maximum atomic E-state index is 11.7. The monoisotopic (exact) mass is 316 g/mol. The van der Waals surface area contributed by atoms with Crippen molar-refractivity contribution in [3.63, 3.8) is 0 Å². The number of nitrogens with zero attached hydrogens (tertiary/aromatic N) is 1. The predicted octanol–water partition coefficient (Wildman–Crippen LogP) is 1.86. The van der Waals surface area contributed by atoms with E-state index in [2.05, 4.69) is 21.2 Å². The number of amides is 1. The molecular formula is C11H13BrN2O4. The largest absolute Gasteiger partial charge is 0.393 e. The van der Waals surface area contributed by atoms with Gasteiger partial charge in [-0.3, -0.25) is 14.9 Å². The molecule has 1 unspecified atom stereocenters. The first-order valence-electron chi connectivity index (χ1n) is 5.32. The van der Waals surface area contributed by atoms with Gasteiger partial charge >= 0.3 is 0 Å². The van der Waals surface area contributed by atoms with Gasteiger partial charge in [-0.05, 0) is 35.3 Å². The molecule has 0 aliphatic rings. The van der Waals surface area contributed by atoms with Gasteiger partial charge in [0.25, 0.3) is 11.6 Å². The summed E-state index contributed by atoms with van der Waals surface area (Å²) in [5.41, 5.74) is 0.244. The van der Waals surface area contributed by atoms with Crippen LogP contribution in [0.3, 0.4) is 0 Å². The Balaban J connectivity index is 2.72. The number of halogens is 1. The Hall–Kier alpha value is -1.47. The van der Waals surface area contributed by atoms with Crippen molar-refractivity contribution in [3.05, 3.63) is 38.3 Å². The summed E-state index contributed by atoms with van der Waals surface area (Å²) in [6.45, 7) is 1.98. The van der Waals surface area contributed by atoms with Crippen molar-refractivity contribution in [3.8, 4) is 0 Å². The fraction of sp³-hybridized carbons (Fsp3) is 0.364. The molecule has 1 aromatic rings. The SMILES string of the molecule is CC(O)CCNC(=O)c1ccc([N+](=O)[O-])cc1Br. The van der Waals surface area contributed by atoms with Crippen molar-refractivity contribution in [2.45, 2.75) is 19.4 Å². The fourth-order valence-electron chi connectivity index (χ4n) is 1.29. The number of carbonyl (C=O) groups excluding carboxylic acids is 1. The van der Waals surface area contributed by atoms with Crippen LogP contribution in [0.2, 0.25) is 0 Å². The summed E-state index contributed by atoms with van der Waals surface area (Å²) in [6.07, 6.45) is -0.0262. The lowest BCUT2D eigenvalue weighted by atomic mass is 10.2. The van der Waals surface area contributed by atoms with E-state index in [1.54, 1.807) is 6.92 Å². The molecule has 1 atom stereocenters. The number of benzene rings is 1. The highest BCUT2D eigenvalue weighted by atomic mass is 79.9. The molecule has 0 fully saturated rings. The standard InChI is InChI=1S/C11H13BrN2O4/c1-7(15)4-5-13-11(16)9-3-2-8(14(17)18)6-10(9)12/h2-3,6-7,15H,4-5H2,1H3,(H,13,16). The minimum absolute atomic E-state index is 0.0811. The molecule has 1 rings (SSSR count). The normalized spacial score (nSPS) is 11.9. The molecule has 2 N–H and O–H groups in total. The molecule has 0 aliphatic heterocycles. The number of carbonyl (C=O) groups is 1. The topological polar surface area (TPSA) is 92.5 Å². The van der Waals surface area contributed by atoms with Gasteiger partial charge in [0.1, 0.15) is 0 Å². The molecule has 0 radical (unpaired) electrons. The van der Waals surface area contributed by atoms with Crippen molar-refractivity contribution in [2.75, 3.05) is 6.54 Å². The molecule has 7 heteroatoms. The molecule has 1 aromatic carbocycles. The first-order chi connectivity index (χ1) is 8.41. The summed E-state index contributed by atoms with van der Waals surface area (Å²) in [5, 5.41) is 22.2. The summed E-state index contributed by atoms with van der Waals surface area (Å²) in [5.74, 6) is -0.336. The van der Waals surface area contributed by atoms with E-state index in [1.807, 2.05) is 0 Å². The summed E-state index contributed by atoms with van der Waals surface area (Å²) in [7, 11) is 0. The molecular weight excluding hydrogens is 304 g/mol. The molecule has 18 heavy (non-hydrogen) atoms. The van der Waals surface area contributed by atoms with Gasteiger partial charge in [-0.2, -0.15) is 0 Å². The zero-order valence-corrected chi connectivity index (χ0v) is 11.3. The molecule has 0 spiro atoms. The van der Waals surface area contributed by atoms with E-state index >= 15 is 0 Å². The first kappa shape index (κ1) is 14.6. The van der Waals surface area contributed by atoms with Crippen molar-refractivity contribution in [2.24, 2.45) is 0 Å². The van der Waals surface area contributed by atoms with Crippen molar-refractivity contribution in [1.82, 2.24) is 5.32 Å². The molecule has 0 saturated carbocycles. The third-order valence-corrected chi connectivity index (χ3v) is 2.91. The number of aliphatic hydroxyl groups is 1. The van der Waals surface area contributed by atoms with E-state index in [0.29, 0.717) is 23.0 Å². The molecule has 98 valence electrons. The van der Waals surface area contributed by atoms with Crippen LogP contribution in [0.5, 0.6) is 0 Å². The highest BCUT2D eigenvalue weighted by Crippen LogP contribution is 2.22. The van der Waals surface area contributed by atoms with E-state index in [9.17, 15) is 14.9 Å². The lowest BCUT2D eigenvalue weighted by Gasteiger charge is -2.08. The molecule has 0 heterocycles. The molecule has 0 aromatic heterocycles. The van der Waals surface area contributed by atoms with Crippen molar-refractivity contribution >= 4 is 27.5 Å². The number of hydrogen-bond donors (Lipinski definition) is 2. The van der Waals surface area contributed by atoms with E-state index in [4.69, 9.17) is 5.11 Å². The zero-order valence-electron chi connectivity index (χ0n) is 9.72. The second kappa shape index (κ2) is 6.46. The first-order valence-corrected chi connectivity index (χ1v) is 6.11. The molecule has 6 nitrogen and oxygen atoms in total. The van der Waals surface area contributed by atoms with Gasteiger partial charge in [0.15, 0.2) is 0 Å². The summed E-state index contributed by atoms with van der Waals surface area (Å²) >= 11 is 3.12. The second-order valence-electron chi connectivity index (χ2n) is 3.81. The van der Waals surface area contributed by atoms with Crippen LogP contribution in [-0.2, 0) is 0 Å². The van der Waals surface area contributed by atoms with Crippen LogP contribution < -0.4 is 5.32 Å². The Morgan fingerprint density at radius 1 is 1.61 bits per heavy atom. The minimum atomic E-state index is -0.528. The summed E-state index contributed by atoms with van der Waals surface area (Å²) in [6, 6.07) is 3.94. The maximum Gasteiger partial charge on any atom is 0.270 e. The molecule has 0 saturated heterocycles. The Kier molecular flexibility index (Phi) is 5.24. The zero-order chi connectivity index (χ0) is 13.7. The number of hydrogen-bond acceptors (Lipinski definition) is 4. The van der Waals surface area contributed by atoms with Gasteiger partial charge < -0.3 is 10.4 Å². The molecule has 1 amide bonds. The minimum Gasteiger partial charge on any atom is -0.393 e. The number of nitrogens with one attached hydrogen (secondary N) is 1. The van der Waals surface area contributed by atoms with E-state index in [1.165, 1.54) is 18.2 Å². The van der Waals surface area contributed by atoms with Crippen LogP contribution in [0.4, 0.5) is 5.69 Å². The van der Waals surface area contributed by atoms with Gasteiger partial charge in [-0.1, -0.05) is 0 Å². The number of rotatable bonds is 5. The Morgan fingerprint density at radius 3 is 2.78 bits per heavy atom. The van der Waals surface area contributed by atoms with Crippen LogP contribution in [0, 0.1) is 10.1 Å². The fourth-order valence-corrected chi connectivity index (χ4v) is 1.84. The van der Waals surface area contributed by atoms with E-state index < -0.39 is 11.0 Å². The smallest absolute Gasteiger partial charge is 0.270 e. The Labute approximate surface area is 112 Å². The lowest BCUT2D eigenvalue weighted by molar-refractivity contribution is -0.384. The van der Waals surface area contributed by atoms with Crippen LogP contribution in [0.1, 0.15) is 23.7 Å². The Bertz CT molecular complexity index is 462. The molecule has 0 bridgehead atoms. The highest BCUT2D eigenvalue weighted by molar-refractivity contribution is 9.10. The summed E-state index contributed by atoms with van der Waals surface area (Å²) in [4.78, 5) is 21.7. The quantitative estimate of drug-likeness (QED) is 0.640. The number of non-ortho nitro benzene ring substituents is 1. The predicted molar refractivity (Wildman–Crippen MR) is 69.4 cm³/mol. The van der Waals surface area contributed by atoms with E-state index in [0.717, 1.165) is 0 Å². The maximum absolute atomic E-state index is 11.7. The van der Waals surface area contributed by atoms with Gasteiger partial charge in [0.2, 0.25) is 0 Å². The van der Waals surface area contributed by atoms with Crippen LogP contribution in [-0.4, -0.2) is 28.6 Å². The van der Waals surface area contributed by atoms with Crippen molar-refractivity contribution < 1.29 is 14.8 Å². The van der Waals surface area contributed by atoms with Crippen molar-refractivity contribution in [1.29, 1.82) is 0 Å². The highest BCUT2D eigenvalue weighted by Gasteiger charge is 2.14. The van der Waals surface area contributed by atoms with Gasteiger partial charge in [0.05, 0.1) is 16.6 Å². The van der Waals surface area contributed by atoms with Gasteiger partial charge in [0, 0.05) is 23.2 Å². The van der Waals surface area contributed by atoms with E-state index in [-0.39, 0.29) is 11.6 Å². The second-order valence-corrected chi connectivity index (χ2v) is 4.67. The number of aliphatic hydroxyl groups excluding tert-OH is 1. The third-order valence-electron chi connectivity index (χ3n) is 2.26. The lowest BCUT2D eigenvalue weighted by Crippen LogP contribution is -2.26.